The number of hydrogen-bond donors (Lipinski definition) is 2. The molecule has 3 nitrogen and oxygen atoms in total. The summed E-state index contributed by atoms with van der Waals surface area (Å²) in [7, 11) is 0. The van der Waals surface area contributed by atoms with Gasteiger partial charge in [-0.1, -0.05) is 19.1 Å². The van der Waals surface area contributed by atoms with Crippen molar-refractivity contribution in [2.75, 3.05) is 31.6 Å². The van der Waals surface area contributed by atoms with Crippen molar-refractivity contribution in [1.29, 1.82) is 0 Å². The van der Waals surface area contributed by atoms with E-state index in [1.807, 2.05) is 0 Å². The van der Waals surface area contributed by atoms with Gasteiger partial charge < -0.3 is 15.4 Å². The molecule has 1 saturated heterocycles. The van der Waals surface area contributed by atoms with E-state index >= 15 is 0 Å². The van der Waals surface area contributed by atoms with Crippen molar-refractivity contribution in [3.8, 4) is 0 Å². The van der Waals surface area contributed by atoms with E-state index in [2.05, 4.69) is 35.8 Å². The highest BCUT2D eigenvalue weighted by molar-refractivity contribution is 5.54. The molecule has 1 fully saturated rings. The quantitative estimate of drug-likeness (QED) is 0.872. The second-order valence-corrected chi connectivity index (χ2v) is 6.59. The highest BCUT2D eigenvalue weighted by atomic mass is 16.5. The molecule has 2 heterocycles. The Bertz CT molecular complexity index is 466. The molecule has 0 spiro atoms. The third-order valence-electron chi connectivity index (χ3n) is 5.24. The summed E-state index contributed by atoms with van der Waals surface area (Å²) in [5, 5.41) is 7.17. The van der Waals surface area contributed by atoms with Gasteiger partial charge in [0.1, 0.15) is 0 Å². The van der Waals surface area contributed by atoms with Crippen molar-refractivity contribution in [3.63, 3.8) is 0 Å². The summed E-state index contributed by atoms with van der Waals surface area (Å²) in [5.74, 6) is 0. The normalized spacial score (nSPS) is 20.6. The van der Waals surface area contributed by atoms with Crippen LogP contribution in [0, 0.1) is 5.41 Å². The lowest BCUT2D eigenvalue weighted by molar-refractivity contribution is 0.0127. The highest BCUT2D eigenvalue weighted by Crippen LogP contribution is 2.33. The topological polar surface area (TPSA) is 33.3 Å². The Kier molecular flexibility index (Phi) is 4.81. The smallest absolute Gasteiger partial charge is 0.0471 e. The molecule has 0 radical (unpaired) electrons. The Balaban J connectivity index is 1.55. The second-order valence-electron chi connectivity index (χ2n) is 6.59. The van der Waals surface area contributed by atoms with Crippen molar-refractivity contribution in [2.45, 2.75) is 45.6 Å². The third kappa shape index (κ3) is 3.58. The number of anilines is 1. The van der Waals surface area contributed by atoms with E-state index in [1.165, 1.54) is 48.9 Å². The molecular formula is C18H28N2O. The fourth-order valence-corrected chi connectivity index (χ4v) is 3.57. The first kappa shape index (κ1) is 14.9. The fourth-order valence-electron chi connectivity index (χ4n) is 3.57. The molecule has 116 valence electrons. The molecule has 2 N–H and O–H groups in total. The summed E-state index contributed by atoms with van der Waals surface area (Å²) in [4.78, 5) is 0. The molecule has 2 aliphatic heterocycles. The van der Waals surface area contributed by atoms with Crippen LogP contribution in [0.4, 0.5) is 5.69 Å². The maximum atomic E-state index is 5.52. The zero-order valence-corrected chi connectivity index (χ0v) is 13.2. The Morgan fingerprint density at radius 1 is 1.29 bits per heavy atom. The Hall–Kier alpha value is -1.06. The number of benzene rings is 1. The van der Waals surface area contributed by atoms with Crippen LogP contribution >= 0.6 is 0 Å². The molecular weight excluding hydrogens is 260 g/mol. The minimum atomic E-state index is 0.452. The van der Waals surface area contributed by atoms with Gasteiger partial charge in [-0.2, -0.15) is 0 Å². The zero-order valence-electron chi connectivity index (χ0n) is 13.2. The van der Waals surface area contributed by atoms with E-state index in [0.717, 1.165) is 32.8 Å². The van der Waals surface area contributed by atoms with E-state index in [9.17, 15) is 0 Å². The van der Waals surface area contributed by atoms with Crippen LogP contribution in [0.25, 0.3) is 0 Å². The van der Waals surface area contributed by atoms with Gasteiger partial charge in [0.25, 0.3) is 0 Å². The van der Waals surface area contributed by atoms with E-state index in [4.69, 9.17) is 4.74 Å². The molecule has 1 aromatic carbocycles. The predicted molar refractivity (Wildman–Crippen MR) is 87.7 cm³/mol. The molecule has 0 saturated carbocycles. The molecule has 3 rings (SSSR count). The number of aryl methyl sites for hydroxylation is 1. The summed E-state index contributed by atoms with van der Waals surface area (Å²) >= 11 is 0. The molecule has 0 atom stereocenters. The first-order valence-corrected chi connectivity index (χ1v) is 8.45. The number of rotatable bonds is 5. The number of fused-ring (bicyclic) bond motifs is 1. The lowest BCUT2D eigenvalue weighted by atomic mass is 9.78. The second kappa shape index (κ2) is 6.80. The third-order valence-corrected chi connectivity index (χ3v) is 5.24. The summed E-state index contributed by atoms with van der Waals surface area (Å²) in [6.45, 7) is 7.39. The number of hydrogen-bond acceptors (Lipinski definition) is 3. The lowest BCUT2D eigenvalue weighted by Gasteiger charge is -2.36. The SMILES string of the molecule is CCC1(CNCc2ccc3c(c2)CCCN3)CCOCC1. The predicted octanol–water partition coefficient (Wildman–Crippen LogP) is 3.34. The van der Waals surface area contributed by atoms with Crippen LogP contribution < -0.4 is 10.6 Å². The van der Waals surface area contributed by atoms with Crippen molar-refractivity contribution in [3.05, 3.63) is 29.3 Å². The summed E-state index contributed by atoms with van der Waals surface area (Å²) < 4.78 is 5.52. The molecule has 0 unspecified atom stereocenters. The van der Waals surface area contributed by atoms with Crippen LogP contribution in [0.2, 0.25) is 0 Å². The molecule has 0 aliphatic carbocycles. The van der Waals surface area contributed by atoms with Gasteiger partial charge >= 0.3 is 0 Å². The summed E-state index contributed by atoms with van der Waals surface area (Å²) in [6.07, 6.45) is 6.11. The fraction of sp³-hybridized carbons (Fsp3) is 0.667. The number of ether oxygens (including phenoxy) is 1. The largest absolute Gasteiger partial charge is 0.385 e. The maximum Gasteiger partial charge on any atom is 0.0471 e. The Morgan fingerprint density at radius 3 is 2.95 bits per heavy atom. The van der Waals surface area contributed by atoms with E-state index < -0.39 is 0 Å². The number of nitrogens with one attached hydrogen (secondary N) is 2. The van der Waals surface area contributed by atoms with Crippen molar-refractivity contribution < 1.29 is 4.74 Å². The van der Waals surface area contributed by atoms with Gasteiger partial charge in [-0.25, -0.2) is 0 Å². The Labute approximate surface area is 128 Å². The Morgan fingerprint density at radius 2 is 2.14 bits per heavy atom. The molecule has 1 aromatic rings. The molecule has 21 heavy (non-hydrogen) atoms. The van der Waals surface area contributed by atoms with Crippen LogP contribution in [-0.4, -0.2) is 26.3 Å². The van der Waals surface area contributed by atoms with Crippen molar-refractivity contribution in [1.82, 2.24) is 5.32 Å². The summed E-state index contributed by atoms with van der Waals surface area (Å²) in [5.41, 5.74) is 4.68. The van der Waals surface area contributed by atoms with Crippen molar-refractivity contribution >= 4 is 5.69 Å². The zero-order chi connectivity index (χ0) is 14.5. The molecule has 2 aliphatic rings. The van der Waals surface area contributed by atoms with E-state index in [0.29, 0.717) is 5.41 Å². The lowest BCUT2D eigenvalue weighted by Crippen LogP contribution is -2.38. The molecule has 0 aromatic heterocycles. The molecule has 0 amide bonds. The van der Waals surface area contributed by atoms with Crippen LogP contribution in [0.5, 0.6) is 0 Å². The van der Waals surface area contributed by atoms with Gasteiger partial charge in [0.15, 0.2) is 0 Å². The summed E-state index contributed by atoms with van der Waals surface area (Å²) in [6, 6.07) is 6.87. The minimum Gasteiger partial charge on any atom is -0.385 e. The van der Waals surface area contributed by atoms with Crippen LogP contribution in [0.3, 0.4) is 0 Å². The van der Waals surface area contributed by atoms with Gasteiger partial charge in [0.05, 0.1) is 0 Å². The monoisotopic (exact) mass is 288 g/mol. The molecule has 3 heteroatoms. The van der Waals surface area contributed by atoms with Crippen LogP contribution in [-0.2, 0) is 17.7 Å². The highest BCUT2D eigenvalue weighted by Gasteiger charge is 2.30. The average molecular weight is 288 g/mol. The van der Waals surface area contributed by atoms with Gasteiger partial charge in [-0.3, -0.25) is 0 Å². The first-order valence-electron chi connectivity index (χ1n) is 8.45. The van der Waals surface area contributed by atoms with E-state index in [-0.39, 0.29) is 0 Å². The van der Waals surface area contributed by atoms with Crippen LogP contribution in [0.15, 0.2) is 18.2 Å². The van der Waals surface area contributed by atoms with Gasteiger partial charge in [-0.15, -0.1) is 0 Å². The van der Waals surface area contributed by atoms with Crippen LogP contribution in [0.1, 0.15) is 43.7 Å². The minimum absolute atomic E-state index is 0.452. The van der Waals surface area contributed by atoms with Gasteiger partial charge in [0.2, 0.25) is 0 Å². The molecule has 0 bridgehead atoms. The van der Waals surface area contributed by atoms with Gasteiger partial charge in [-0.05, 0) is 54.7 Å². The maximum absolute atomic E-state index is 5.52. The average Bonchev–Trinajstić information content (AvgIpc) is 2.55. The van der Waals surface area contributed by atoms with E-state index in [1.54, 1.807) is 0 Å². The van der Waals surface area contributed by atoms with Crippen molar-refractivity contribution in [2.24, 2.45) is 5.41 Å². The van der Waals surface area contributed by atoms with Gasteiger partial charge in [0, 0.05) is 38.5 Å². The standard InChI is InChI=1S/C18H28N2O/c1-2-18(7-10-21-11-8-18)14-19-13-15-5-6-17-16(12-15)4-3-9-20-17/h5-6,12,19-20H,2-4,7-11,13-14H2,1H3. The first-order chi connectivity index (χ1) is 10.3.